The Morgan fingerprint density at radius 2 is 1.68 bits per heavy atom. The highest BCUT2D eigenvalue weighted by atomic mass is 32.2. The fourth-order valence-corrected chi connectivity index (χ4v) is 3.33. The van der Waals surface area contributed by atoms with Crippen LogP contribution in [0.4, 0.5) is 0 Å². The van der Waals surface area contributed by atoms with Crippen molar-refractivity contribution in [1.82, 2.24) is 4.72 Å². The Balaban J connectivity index is 2.04. The van der Waals surface area contributed by atoms with E-state index < -0.39 is 15.6 Å². The van der Waals surface area contributed by atoms with E-state index in [0.29, 0.717) is 23.8 Å². The lowest BCUT2D eigenvalue weighted by Gasteiger charge is -2.24. The summed E-state index contributed by atoms with van der Waals surface area (Å²) in [5.74, 6) is 1.02. The maximum Gasteiger partial charge on any atom is 0.240 e. The van der Waals surface area contributed by atoms with Crippen molar-refractivity contribution in [3.63, 3.8) is 0 Å². The number of rotatable bonds is 8. The Bertz CT molecular complexity index is 769. The molecular formula is C19H25NO4S. The van der Waals surface area contributed by atoms with Crippen molar-refractivity contribution in [2.45, 2.75) is 31.3 Å². The first-order chi connectivity index (χ1) is 11.7. The summed E-state index contributed by atoms with van der Waals surface area (Å²) in [5.41, 5.74) is -0.649. The molecular weight excluding hydrogens is 338 g/mol. The van der Waals surface area contributed by atoms with E-state index in [1.165, 1.54) is 12.1 Å². The summed E-state index contributed by atoms with van der Waals surface area (Å²) >= 11 is 0. The molecule has 2 rings (SSSR count). The summed E-state index contributed by atoms with van der Waals surface area (Å²) in [6.07, 6.45) is 0. The number of aliphatic hydroxyl groups is 1. The van der Waals surface area contributed by atoms with Crippen molar-refractivity contribution in [3.8, 4) is 5.75 Å². The third kappa shape index (κ3) is 5.56. The number of ether oxygens (including phenoxy) is 1. The van der Waals surface area contributed by atoms with Gasteiger partial charge in [-0.25, -0.2) is 13.1 Å². The zero-order valence-corrected chi connectivity index (χ0v) is 15.6. The Morgan fingerprint density at radius 3 is 2.24 bits per heavy atom. The van der Waals surface area contributed by atoms with Crippen LogP contribution in [-0.4, -0.2) is 26.7 Å². The molecule has 25 heavy (non-hydrogen) atoms. The molecule has 5 nitrogen and oxygen atoms in total. The molecule has 2 aromatic rings. The molecule has 0 spiro atoms. The van der Waals surface area contributed by atoms with Gasteiger partial charge in [-0.2, -0.15) is 0 Å². The molecule has 6 heteroatoms. The van der Waals surface area contributed by atoms with Gasteiger partial charge in [0.15, 0.2) is 0 Å². The van der Waals surface area contributed by atoms with Gasteiger partial charge in [-0.3, -0.25) is 0 Å². The quantitative estimate of drug-likeness (QED) is 0.756. The molecule has 0 aliphatic rings. The average Bonchev–Trinajstić information content (AvgIpc) is 2.59. The van der Waals surface area contributed by atoms with Gasteiger partial charge < -0.3 is 9.84 Å². The van der Waals surface area contributed by atoms with E-state index in [1.807, 2.05) is 19.9 Å². The molecule has 0 aromatic heterocycles. The van der Waals surface area contributed by atoms with E-state index in [4.69, 9.17) is 4.74 Å². The molecule has 1 atom stereocenters. The highest BCUT2D eigenvalue weighted by Gasteiger charge is 2.26. The van der Waals surface area contributed by atoms with Crippen LogP contribution in [0.5, 0.6) is 5.75 Å². The van der Waals surface area contributed by atoms with Crippen molar-refractivity contribution in [2.24, 2.45) is 5.92 Å². The van der Waals surface area contributed by atoms with Gasteiger partial charge in [-0.15, -0.1) is 0 Å². The first-order valence-electron chi connectivity index (χ1n) is 8.21. The number of nitrogens with one attached hydrogen (secondary N) is 1. The minimum atomic E-state index is -3.72. The molecule has 0 aliphatic carbocycles. The largest absolute Gasteiger partial charge is 0.493 e. The normalized spacial score (nSPS) is 14.3. The molecule has 136 valence electrons. The smallest absolute Gasteiger partial charge is 0.240 e. The lowest BCUT2D eigenvalue weighted by Crippen LogP contribution is -2.38. The van der Waals surface area contributed by atoms with E-state index in [1.54, 1.807) is 43.3 Å². The molecule has 1 unspecified atom stereocenters. The Labute approximate surface area is 149 Å². The van der Waals surface area contributed by atoms with Crippen LogP contribution in [-0.2, 0) is 15.6 Å². The number of benzene rings is 2. The molecule has 0 bridgehead atoms. The second-order valence-corrected chi connectivity index (χ2v) is 8.41. The van der Waals surface area contributed by atoms with E-state index in [0.717, 1.165) is 0 Å². The van der Waals surface area contributed by atoms with Crippen LogP contribution in [0.2, 0.25) is 0 Å². The van der Waals surface area contributed by atoms with Crippen LogP contribution in [0.1, 0.15) is 26.3 Å². The second-order valence-electron chi connectivity index (χ2n) is 6.64. The van der Waals surface area contributed by atoms with Crippen LogP contribution in [0.3, 0.4) is 0 Å². The van der Waals surface area contributed by atoms with Crippen molar-refractivity contribution >= 4 is 10.0 Å². The van der Waals surface area contributed by atoms with Crippen molar-refractivity contribution < 1.29 is 18.3 Å². The third-order valence-corrected chi connectivity index (χ3v) is 5.14. The molecule has 2 N–H and O–H groups in total. The van der Waals surface area contributed by atoms with Crippen molar-refractivity contribution in [1.29, 1.82) is 0 Å². The number of hydrogen-bond donors (Lipinski definition) is 2. The zero-order chi connectivity index (χ0) is 18.5. The Morgan fingerprint density at radius 1 is 1.08 bits per heavy atom. The zero-order valence-electron chi connectivity index (χ0n) is 14.8. The maximum atomic E-state index is 12.4. The van der Waals surface area contributed by atoms with Crippen molar-refractivity contribution in [2.75, 3.05) is 13.2 Å². The molecule has 0 amide bonds. The summed E-state index contributed by atoms with van der Waals surface area (Å²) in [4.78, 5) is 0.133. The monoisotopic (exact) mass is 363 g/mol. The fourth-order valence-electron chi connectivity index (χ4n) is 2.20. The van der Waals surface area contributed by atoms with Crippen LogP contribution < -0.4 is 9.46 Å². The molecule has 0 saturated heterocycles. The van der Waals surface area contributed by atoms with Crippen LogP contribution >= 0.6 is 0 Å². The topological polar surface area (TPSA) is 75.6 Å². The highest BCUT2D eigenvalue weighted by molar-refractivity contribution is 7.89. The number of hydrogen-bond acceptors (Lipinski definition) is 4. The van der Waals surface area contributed by atoms with E-state index in [-0.39, 0.29) is 11.4 Å². The average molecular weight is 363 g/mol. The van der Waals surface area contributed by atoms with E-state index in [2.05, 4.69) is 4.72 Å². The highest BCUT2D eigenvalue weighted by Crippen LogP contribution is 2.21. The maximum absolute atomic E-state index is 12.4. The summed E-state index contributed by atoms with van der Waals surface area (Å²) in [5, 5.41) is 10.5. The standard InChI is InChI=1S/C19H25NO4S/c1-15(2)13-24-17-9-11-18(12-10-17)25(22,23)20-14-19(3,21)16-7-5-4-6-8-16/h4-12,15,20-21H,13-14H2,1-3H3. The Kier molecular flexibility index (Phi) is 6.21. The molecule has 0 fully saturated rings. The van der Waals surface area contributed by atoms with Crippen LogP contribution in [0, 0.1) is 5.92 Å². The van der Waals surface area contributed by atoms with Gasteiger partial charge in [0, 0.05) is 6.54 Å². The minimum absolute atomic E-state index is 0.120. The summed E-state index contributed by atoms with van der Waals surface area (Å²) in [6, 6.07) is 15.2. The van der Waals surface area contributed by atoms with E-state index >= 15 is 0 Å². The van der Waals surface area contributed by atoms with Crippen LogP contribution in [0.25, 0.3) is 0 Å². The van der Waals surface area contributed by atoms with Gasteiger partial charge in [0.1, 0.15) is 11.4 Å². The van der Waals surface area contributed by atoms with E-state index in [9.17, 15) is 13.5 Å². The van der Waals surface area contributed by atoms with Gasteiger partial charge >= 0.3 is 0 Å². The molecule has 0 radical (unpaired) electrons. The van der Waals surface area contributed by atoms with Gasteiger partial charge in [0.2, 0.25) is 10.0 Å². The first kappa shape index (κ1) is 19.4. The molecule has 2 aromatic carbocycles. The molecule has 0 aliphatic heterocycles. The van der Waals surface area contributed by atoms with Gasteiger partial charge in [0.05, 0.1) is 11.5 Å². The van der Waals surface area contributed by atoms with Crippen LogP contribution in [0.15, 0.2) is 59.5 Å². The molecule has 0 heterocycles. The number of sulfonamides is 1. The lowest BCUT2D eigenvalue weighted by molar-refractivity contribution is 0.0627. The predicted molar refractivity (Wildman–Crippen MR) is 98.0 cm³/mol. The predicted octanol–water partition coefficient (Wildman–Crippen LogP) is 2.91. The summed E-state index contributed by atoms with van der Waals surface area (Å²) in [6.45, 7) is 6.12. The second kappa shape index (κ2) is 7.99. The SMILES string of the molecule is CC(C)COc1ccc(S(=O)(=O)NCC(C)(O)c2ccccc2)cc1. The van der Waals surface area contributed by atoms with Gasteiger partial charge in [0.25, 0.3) is 0 Å². The van der Waals surface area contributed by atoms with Crippen molar-refractivity contribution in [3.05, 3.63) is 60.2 Å². The Hall–Kier alpha value is -1.89. The third-order valence-electron chi connectivity index (χ3n) is 3.72. The minimum Gasteiger partial charge on any atom is -0.493 e. The first-order valence-corrected chi connectivity index (χ1v) is 9.69. The van der Waals surface area contributed by atoms with Gasteiger partial charge in [-0.1, -0.05) is 44.2 Å². The lowest BCUT2D eigenvalue weighted by atomic mass is 9.97. The fraction of sp³-hybridized carbons (Fsp3) is 0.368. The summed E-state index contributed by atoms with van der Waals surface area (Å²) in [7, 11) is -3.72. The summed E-state index contributed by atoms with van der Waals surface area (Å²) < 4.78 is 32.9. The molecule has 0 saturated carbocycles. The van der Waals surface area contributed by atoms with Gasteiger partial charge in [-0.05, 0) is 42.7 Å².